The number of nitrogens with zero attached hydrogens (tertiary/aromatic N) is 2. The number of carbonyl (C=O) groups is 2. The summed E-state index contributed by atoms with van der Waals surface area (Å²) in [7, 11) is 1.58. The predicted octanol–water partition coefficient (Wildman–Crippen LogP) is 4.59. The molecule has 5 nitrogen and oxygen atoms in total. The number of anilines is 1. The molecule has 32 heavy (non-hydrogen) atoms. The van der Waals surface area contributed by atoms with Crippen LogP contribution < -0.4 is 9.64 Å². The summed E-state index contributed by atoms with van der Waals surface area (Å²) in [5.41, 5.74) is 4.50. The number of amides is 2. The molecule has 0 aromatic heterocycles. The van der Waals surface area contributed by atoms with Crippen LogP contribution in [0, 0.1) is 6.92 Å². The lowest BCUT2D eigenvalue weighted by Crippen LogP contribution is -2.50. The van der Waals surface area contributed by atoms with Gasteiger partial charge in [0, 0.05) is 23.4 Å². The number of thioether (sulfide) groups is 1. The van der Waals surface area contributed by atoms with Crippen molar-refractivity contribution < 1.29 is 14.3 Å². The summed E-state index contributed by atoms with van der Waals surface area (Å²) >= 11 is 1.54. The molecule has 2 amide bonds. The molecule has 3 aromatic rings. The van der Waals surface area contributed by atoms with E-state index in [4.69, 9.17) is 4.74 Å². The number of carbonyl (C=O) groups excluding carboxylic acids is 2. The van der Waals surface area contributed by atoms with Gasteiger partial charge in [0.25, 0.3) is 11.8 Å². The second-order valence-electron chi connectivity index (χ2n) is 8.08. The molecule has 0 radical (unpaired) electrons. The fraction of sp³-hybridized carbons (Fsp3) is 0.231. The zero-order valence-corrected chi connectivity index (χ0v) is 18.9. The maximum absolute atomic E-state index is 14.0. The summed E-state index contributed by atoms with van der Waals surface area (Å²) in [6.07, 6.45) is 0. The highest BCUT2D eigenvalue weighted by molar-refractivity contribution is 8.01. The van der Waals surface area contributed by atoms with E-state index in [0.717, 1.165) is 22.4 Å². The Labute approximate surface area is 192 Å². The first-order valence-electron chi connectivity index (χ1n) is 10.6. The standard InChI is InChI=1S/C26H24N2O3S/c1-18-7-5-8-19(15-18)17-27-23-12-4-3-11-22(23)26(25(27)30)28(13-14-32-26)24(29)20-9-6-10-21(16-20)31-2/h3-12,15-16H,13-14,17H2,1-2H3/t26-/m0/s1. The Morgan fingerprint density at radius 2 is 1.88 bits per heavy atom. The first-order chi connectivity index (χ1) is 15.5. The summed E-state index contributed by atoms with van der Waals surface area (Å²) in [6.45, 7) is 3.03. The molecule has 2 aliphatic heterocycles. The van der Waals surface area contributed by atoms with E-state index in [0.29, 0.717) is 30.2 Å². The minimum absolute atomic E-state index is 0.0565. The van der Waals surface area contributed by atoms with Gasteiger partial charge in [0.1, 0.15) is 5.75 Å². The van der Waals surface area contributed by atoms with Crippen LogP contribution in [-0.2, 0) is 16.2 Å². The van der Waals surface area contributed by atoms with Crippen molar-refractivity contribution in [2.75, 3.05) is 24.3 Å². The van der Waals surface area contributed by atoms with Crippen LogP contribution in [0.4, 0.5) is 5.69 Å². The van der Waals surface area contributed by atoms with Crippen molar-refractivity contribution in [2.24, 2.45) is 0 Å². The zero-order chi connectivity index (χ0) is 22.3. The van der Waals surface area contributed by atoms with Crippen molar-refractivity contribution >= 4 is 29.3 Å². The smallest absolute Gasteiger partial charge is 0.268 e. The van der Waals surface area contributed by atoms with Crippen LogP contribution in [0.15, 0.2) is 72.8 Å². The van der Waals surface area contributed by atoms with Gasteiger partial charge in [-0.15, -0.1) is 11.8 Å². The minimum atomic E-state index is -1.04. The maximum atomic E-state index is 14.0. The molecule has 0 aliphatic carbocycles. The number of benzene rings is 3. The number of fused-ring (bicyclic) bond motifs is 2. The van der Waals surface area contributed by atoms with E-state index in [9.17, 15) is 9.59 Å². The molecular formula is C26H24N2O3S. The lowest BCUT2D eigenvalue weighted by atomic mass is 10.0. The molecule has 5 rings (SSSR count). The zero-order valence-electron chi connectivity index (χ0n) is 18.1. The number of ether oxygens (including phenoxy) is 1. The second-order valence-corrected chi connectivity index (χ2v) is 9.37. The third-order valence-corrected chi connectivity index (χ3v) is 7.51. The van der Waals surface area contributed by atoms with Gasteiger partial charge < -0.3 is 14.5 Å². The molecule has 0 saturated carbocycles. The molecule has 0 N–H and O–H groups in total. The lowest BCUT2D eigenvalue weighted by molar-refractivity contribution is -0.123. The van der Waals surface area contributed by atoms with E-state index < -0.39 is 4.87 Å². The van der Waals surface area contributed by atoms with Crippen molar-refractivity contribution in [2.45, 2.75) is 18.3 Å². The molecular weight excluding hydrogens is 420 g/mol. The van der Waals surface area contributed by atoms with E-state index in [1.54, 1.807) is 42.0 Å². The van der Waals surface area contributed by atoms with Crippen molar-refractivity contribution in [3.8, 4) is 5.75 Å². The predicted molar refractivity (Wildman–Crippen MR) is 127 cm³/mol. The summed E-state index contributed by atoms with van der Waals surface area (Å²) in [5.74, 6) is 1.11. The third kappa shape index (κ3) is 3.17. The molecule has 2 heterocycles. The first-order valence-corrected chi connectivity index (χ1v) is 11.6. The quantitative estimate of drug-likeness (QED) is 0.591. The fourth-order valence-electron chi connectivity index (χ4n) is 4.63. The Morgan fingerprint density at radius 3 is 2.69 bits per heavy atom. The molecule has 0 bridgehead atoms. The molecule has 1 saturated heterocycles. The van der Waals surface area contributed by atoms with Crippen molar-refractivity contribution in [1.29, 1.82) is 0 Å². The van der Waals surface area contributed by atoms with Crippen LogP contribution in [0.2, 0.25) is 0 Å². The molecule has 1 atom stereocenters. The van der Waals surface area contributed by atoms with Gasteiger partial charge in [-0.05, 0) is 36.8 Å². The van der Waals surface area contributed by atoms with Gasteiger partial charge in [-0.3, -0.25) is 9.59 Å². The lowest BCUT2D eigenvalue weighted by Gasteiger charge is -2.33. The topological polar surface area (TPSA) is 49.9 Å². The van der Waals surface area contributed by atoms with Crippen LogP contribution >= 0.6 is 11.8 Å². The monoisotopic (exact) mass is 444 g/mol. The highest BCUT2D eigenvalue weighted by Crippen LogP contribution is 2.54. The average molecular weight is 445 g/mol. The Balaban J connectivity index is 1.56. The SMILES string of the molecule is COc1cccc(C(=O)N2CCS[C@@]23C(=O)N(Cc2cccc(C)c2)c2ccccc23)c1. The van der Waals surface area contributed by atoms with Gasteiger partial charge in [-0.2, -0.15) is 0 Å². The Kier molecular flexibility index (Phi) is 5.18. The fourth-order valence-corrected chi connectivity index (χ4v) is 6.09. The van der Waals surface area contributed by atoms with Gasteiger partial charge in [0.2, 0.25) is 0 Å². The number of hydrogen-bond donors (Lipinski definition) is 0. The van der Waals surface area contributed by atoms with Gasteiger partial charge in [-0.1, -0.05) is 54.1 Å². The summed E-state index contributed by atoms with van der Waals surface area (Å²) < 4.78 is 5.30. The molecule has 162 valence electrons. The molecule has 1 fully saturated rings. The third-order valence-electron chi connectivity index (χ3n) is 6.09. The summed E-state index contributed by atoms with van der Waals surface area (Å²) in [4.78, 5) is 30.2. The normalized spacial score (nSPS) is 19.5. The molecule has 6 heteroatoms. The molecule has 1 spiro atoms. The van der Waals surface area contributed by atoms with Crippen LogP contribution in [0.3, 0.4) is 0 Å². The van der Waals surface area contributed by atoms with Gasteiger partial charge >= 0.3 is 0 Å². The average Bonchev–Trinajstić information content (AvgIpc) is 3.36. The van der Waals surface area contributed by atoms with Crippen LogP contribution in [-0.4, -0.2) is 36.1 Å². The van der Waals surface area contributed by atoms with E-state index in [1.165, 1.54) is 0 Å². The van der Waals surface area contributed by atoms with Crippen LogP contribution in [0.5, 0.6) is 5.75 Å². The maximum Gasteiger partial charge on any atom is 0.268 e. The highest BCUT2D eigenvalue weighted by atomic mass is 32.2. The second kappa shape index (κ2) is 8.02. The molecule has 3 aromatic carbocycles. The summed E-state index contributed by atoms with van der Waals surface area (Å²) in [5, 5.41) is 0. The Hall–Kier alpha value is -3.25. The molecule has 0 unspecified atom stereocenters. The van der Waals surface area contributed by atoms with Crippen LogP contribution in [0.1, 0.15) is 27.0 Å². The molecule has 2 aliphatic rings. The summed E-state index contributed by atoms with van der Waals surface area (Å²) in [6, 6.07) is 23.2. The van der Waals surface area contributed by atoms with Crippen molar-refractivity contribution in [3.05, 3.63) is 95.1 Å². The van der Waals surface area contributed by atoms with Gasteiger partial charge in [0.05, 0.1) is 19.3 Å². The van der Waals surface area contributed by atoms with Gasteiger partial charge in [0.15, 0.2) is 4.87 Å². The number of hydrogen-bond acceptors (Lipinski definition) is 4. The largest absolute Gasteiger partial charge is 0.497 e. The number of methoxy groups -OCH3 is 1. The number of rotatable bonds is 4. The minimum Gasteiger partial charge on any atom is -0.497 e. The Bertz CT molecular complexity index is 1210. The van der Waals surface area contributed by atoms with E-state index in [1.807, 2.05) is 60.4 Å². The number of para-hydroxylation sites is 1. The van der Waals surface area contributed by atoms with Crippen LogP contribution in [0.25, 0.3) is 0 Å². The van der Waals surface area contributed by atoms with E-state index in [2.05, 4.69) is 6.07 Å². The van der Waals surface area contributed by atoms with E-state index >= 15 is 0 Å². The van der Waals surface area contributed by atoms with E-state index in [-0.39, 0.29) is 11.8 Å². The Morgan fingerprint density at radius 1 is 1.06 bits per heavy atom. The van der Waals surface area contributed by atoms with Crippen molar-refractivity contribution in [1.82, 2.24) is 4.90 Å². The first kappa shape index (κ1) is 20.6. The highest BCUT2D eigenvalue weighted by Gasteiger charge is 2.59. The van der Waals surface area contributed by atoms with Gasteiger partial charge in [-0.25, -0.2) is 0 Å². The van der Waals surface area contributed by atoms with Crippen molar-refractivity contribution in [3.63, 3.8) is 0 Å². The number of aryl methyl sites for hydroxylation is 1.